The number of halogens is 1. The Labute approximate surface area is 166 Å². The first kappa shape index (κ1) is 20.3. The summed E-state index contributed by atoms with van der Waals surface area (Å²) in [6.45, 7) is 5.74. The van der Waals surface area contributed by atoms with Crippen LogP contribution in [0.2, 0.25) is 0 Å². The number of benzene rings is 2. The molecule has 6 heteroatoms. The molecule has 0 aromatic heterocycles. The number of nitrogens with zero attached hydrogens (tertiary/aromatic N) is 2. The van der Waals surface area contributed by atoms with Gasteiger partial charge in [-0.2, -0.15) is 0 Å². The molecule has 0 fully saturated rings. The summed E-state index contributed by atoms with van der Waals surface area (Å²) >= 11 is 0. The topological polar surface area (TPSA) is 59.9 Å². The summed E-state index contributed by atoms with van der Waals surface area (Å²) in [5.74, 6) is 0.321. The Hall–Kier alpha value is -2.44. The Morgan fingerprint density at radius 1 is 1.14 bits per heavy atom. The van der Waals surface area contributed by atoms with E-state index >= 15 is 0 Å². The lowest BCUT2D eigenvalue weighted by atomic mass is 10.00. The number of fused-ring (bicyclic) bond motifs is 1. The van der Waals surface area contributed by atoms with Crippen LogP contribution in [0.5, 0.6) is 0 Å². The molecule has 2 aromatic carbocycles. The lowest BCUT2D eigenvalue weighted by Crippen LogP contribution is -2.45. The Balaban J connectivity index is 1.49. The third-order valence-corrected chi connectivity index (χ3v) is 4.89. The van der Waals surface area contributed by atoms with E-state index < -0.39 is 6.10 Å². The maximum atomic E-state index is 13.8. The highest BCUT2D eigenvalue weighted by atomic mass is 19.1. The smallest absolute Gasteiger partial charge is 0.191 e. The molecule has 1 aliphatic rings. The van der Waals surface area contributed by atoms with Gasteiger partial charge in [-0.15, -0.1) is 0 Å². The molecule has 0 saturated heterocycles. The van der Waals surface area contributed by atoms with Crippen molar-refractivity contribution in [3.05, 3.63) is 71.0 Å². The summed E-state index contributed by atoms with van der Waals surface area (Å²) in [5, 5.41) is 16.7. The Kier molecular flexibility index (Phi) is 7.39. The first-order valence-corrected chi connectivity index (χ1v) is 9.88. The van der Waals surface area contributed by atoms with Crippen LogP contribution < -0.4 is 10.6 Å². The van der Waals surface area contributed by atoms with Crippen LogP contribution in [-0.2, 0) is 19.5 Å². The second-order valence-corrected chi connectivity index (χ2v) is 7.08. The number of β-amino-alcohol motifs (C(OH)–C–C–N with tert-alkyl or cyclic N) is 1. The van der Waals surface area contributed by atoms with Gasteiger partial charge in [0.2, 0.25) is 0 Å². The van der Waals surface area contributed by atoms with Gasteiger partial charge in [-0.1, -0.05) is 42.5 Å². The average molecular weight is 384 g/mol. The summed E-state index contributed by atoms with van der Waals surface area (Å²) in [4.78, 5) is 6.70. The van der Waals surface area contributed by atoms with Crippen LogP contribution in [0.15, 0.2) is 53.5 Å². The quantitative estimate of drug-likeness (QED) is 0.506. The highest BCUT2D eigenvalue weighted by molar-refractivity contribution is 5.79. The molecule has 5 nitrogen and oxygen atoms in total. The number of hydrogen-bond acceptors (Lipinski definition) is 3. The molecule has 0 bridgehead atoms. The minimum Gasteiger partial charge on any atom is -0.390 e. The molecule has 28 heavy (non-hydrogen) atoms. The minimum atomic E-state index is -0.512. The van der Waals surface area contributed by atoms with Crippen LogP contribution in [-0.4, -0.2) is 48.2 Å². The summed E-state index contributed by atoms with van der Waals surface area (Å²) in [5.41, 5.74) is 3.29. The predicted octanol–water partition coefficient (Wildman–Crippen LogP) is 2.30. The summed E-state index contributed by atoms with van der Waals surface area (Å²) in [6.07, 6.45) is 0.505. The van der Waals surface area contributed by atoms with E-state index in [1.165, 1.54) is 17.2 Å². The van der Waals surface area contributed by atoms with E-state index in [1.807, 2.05) is 6.92 Å². The second-order valence-electron chi connectivity index (χ2n) is 7.08. The van der Waals surface area contributed by atoms with E-state index in [4.69, 9.17) is 0 Å². The molecule has 0 aliphatic carbocycles. The SMILES string of the molecule is CCNC(=NCc1ccccc1F)NCC(O)CN1CCc2ccccc2C1. The first-order chi connectivity index (χ1) is 13.7. The van der Waals surface area contributed by atoms with Gasteiger partial charge in [0.15, 0.2) is 5.96 Å². The van der Waals surface area contributed by atoms with Gasteiger partial charge < -0.3 is 15.7 Å². The fraction of sp³-hybridized carbons (Fsp3) is 0.409. The molecule has 150 valence electrons. The summed E-state index contributed by atoms with van der Waals surface area (Å²) in [7, 11) is 0. The van der Waals surface area contributed by atoms with Crippen molar-refractivity contribution in [2.24, 2.45) is 4.99 Å². The molecule has 1 heterocycles. The number of hydrogen-bond donors (Lipinski definition) is 3. The molecular weight excluding hydrogens is 355 g/mol. The van der Waals surface area contributed by atoms with Gasteiger partial charge >= 0.3 is 0 Å². The molecule has 3 N–H and O–H groups in total. The standard InChI is InChI=1S/C22H29FN4O/c1-2-24-22(25-13-18-8-5-6-10-21(18)23)26-14-20(28)16-27-12-11-17-7-3-4-9-19(17)15-27/h3-10,20,28H,2,11-16H2,1H3,(H2,24,25,26). The summed E-state index contributed by atoms with van der Waals surface area (Å²) < 4.78 is 13.8. The molecule has 0 radical (unpaired) electrons. The zero-order chi connectivity index (χ0) is 19.8. The number of aliphatic hydroxyl groups excluding tert-OH is 1. The minimum absolute atomic E-state index is 0.251. The Morgan fingerprint density at radius 2 is 1.89 bits per heavy atom. The van der Waals surface area contributed by atoms with Crippen LogP contribution in [0.3, 0.4) is 0 Å². The number of aliphatic hydroxyl groups is 1. The lowest BCUT2D eigenvalue weighted by Gasteiger charge is -2.30. The van der Waals surface area contributed by atoms with Crippen molar-refractivity contribution in [2.75, 3.05) is 26.2 Å². The third-order valence-electron chi connectivity index (χ3n) is 4.89. The van der Waals surface area contributed by atoms with Crippen LogP contribution in [0.1, 0.15) is 23.6 Å². The molecule has 1 aliphatic heterocycles. The van der Waals surface area contributed by atoms with Crippen LogP contribution in [0.4, 0.5) is 4.39 Å². The Morgan fingerprint density at radius 3 is 2.68 bits per heavy atom. The van der Waals surface area contributed by atoms with Crippen molar-refractivity contribution < 1.29 is 9.50 Å². The van der Waals surface area contributed by atoms with Crippen molar-refractivity contribution in [1.82, 2.24) is 15.5 Å². The number of nitrogens with one attached hydrogen (secondary N) is 2. The lowest BCUT2D eigenvalue weighted by molar-refractivity contribution is 0.108. The van der Waals surface area contributed by atoms with Gasteiger partial charge in [0, 0.05) is 38.3 Å². The van der Waals surface area contributed by atoms with E-state index in [2.05, 4.69) is 44.8 Å². The van der Waals surface area contributed by atoms with Crippen LogP contribution in [0.25, 0.3) is 0 Å². The number of guanidine groups is 1. The largest absolute Gasteiger partial charge is 0.390 e. The highest BCUT2D eigenvalue weighted by Gasteiger charge is 2.18. The van der Waals surface area contributed by atoms with E-state index in [-0.39, 0.29) is 12.4 Å². The maximum Gasteiger partial charge on any atom is 0.191 e. The zero-order valence-corrected chi connectivity index (χ0v) is 16.4. The van der Waals surface area contributed by atoms with Gasteiger partial charge in [0.05, 0.1) is 12.6 Å². The summed E-state index contributed by atoms with van der Waals surface area (Å²) in [6, 6.07) is 15.1. The van der Waals surface area contributed by atoms with Gasteiger partial charge in [-0.25, -0.2) is 9.38 Å². The molecule has 1 unspecified atom stereocenters. The van der Waals surface area contributed by atoms with Crippen molar-refractivity contribution in [2.45, 2.75) is 32.5 Å². The van der Waals surface area contributed by atoms with Gasteiger partial charge in [0.25, 0.3) is 0 Å². The first-order valence-electron chi connectivity index (χ1n) is 9.88. The molecule has 1 atom stereocenters. The Bertz CT molecular complexity index is 796. The van der Waals surface area contributed by atoms with E-state index in [1.54, 1.807) is 18.2 Å². The molecule has 0 saturated carbocycles. The molecular formula is C22H29FN4O. The van der Waals surface area contributed by atoms with Gasteiger partial charge in [0.1, 0.15) is 5.82 Å². The maximum absolute atomic E-state index is 13.8. The van der Waals surface area contributed by atoms with Gasteiger partial charge in [-0.05, 0) is 30.5 Å². The monoisotopic (exact) mass is 384 g/mol. The van der Waals surface area contributed by atoms with Crippen LogP contribution >= 0.6 is 0 Å². The van der Waals surface area contributed by atoms with E-state index in [0.717, 1.165) is 19.5 Å². The third kappa shape index (κ3) is 5.78. The van der Waals surface area contributed by atoms with Crippen molar-refractivity contribution in [3.8, 4) is 0 Å². The number of aliphatic imine (C=N–C) groups is 1. The predicted molar refractivity (Wildman–Crippen MR) is 111 cm³/mol. The van der Waals surface area contributed by atoms with E-state index in [0.29, 0.717) is 31.2 Å². The van der Waals surface area contributed by atoms with Gasteiger partial charge in [-0.3, -0.25) is 4.90 Å². The fourth-order valence-electron chi connectivity index (χ4n) is 3.42. The molecule has 2 aromatic rings. The number of rotatable bonds is 7. The highest BCUT2D eigenvalue weighted by Crippen LogP contribution is 2.18. The molecule has 0 amide bonds. The van der Waals surface area contributed by atoms with Crippen molar-refractivity contribution in [3.63, 3.8) is 0 Å². The van der Waals surface area contributed by atoms with Crippen LogP contribution in [0, 0.1) is 5.82 Å². The molecule has 3 rings (SSSR count). The fourth-order valence-corrected chi connectivity index (χ4v) is 3.42. The van der Waals surface area contributed by atoms with Crippen molar-refractivity contribution >= 4 is 5.96 Å². The zero-order valence-electron chi connectivity index (χ0n) is 16.4. The average Bonchev–Trinajstić information content (AvgIpc) is 2.71. The molecule has 0 spiro atoms. The second kappa shape index (κ2) is 10.2. The van der Waals surface area contributed by atoms with Crippen molar-refractivity contribution in [1.29, 1.82) is 0 Å². The van der Waals surface area contributed by atoms with E-state index in [9.17, 15) is 9.50 Å². The normalized spacial score (nSPS) is 15.8.